The van der Waals surface area contributed by atoms with Crippen molar-refractivity contribution in [3.05, 3.63) is 27.7 Å². The Labute approximate surface area is 125 Å². The lowest BCUT2D eigenvalue weighted by Gasteiger charge is -2.14. The van der Waals surface area contributed by atoms with Crippen LogP contribution in [0.2, 0.25) is 10.0 Å². The van der Waals surface area contributed by atoms with Crippen LogP contribution in [-0.4, -0.2) is 26.4 Å². The van der Waals surface area contributed by atoms with Crippen LogP contribution in [0.15, 0.2) is 12.1 Å². The van der Waals surface area contributed by atoms with E-state index in [-0.39, 0.29) is 0 Å². The molecule has 3 nitrogen and oxygen atoms in total. The van der Waals surface area contributed by atoms with Gasteiger partial charge >= 0.3 is 0 Å². The van der Waals surface area contributed by atoms with Crippen molar-refractivity contribution in [1.29, 1.82) is 0 Å². The SMILES string of the molecule is CCNCc1cc(Cl)cc(Cl)c1OCCCOCC. The summed E-state index contributed by atoms with van der Waals surface area (Å²) in [5.74, 6) is 0.712. The number of hydrogen-bond acceptors (Lipinski definition) is 3. The van der Waals surface area contributed by atoms with E-state index >= 15 is 0 Å². The zero-order chi connectivity index (χ0) is 14.1. The molecule has 108 valence electrons. The highest BCUT2D eigenvalue weighted by atomic mass is 35.5. The molecule has 0 spiro atoms. The van der Waals surface area contributed by atoms with Gasteiger partial charge in [-0.05, 0) is 25.6 Å². The van der Waals surface area contributed by atoms with Crippen LogP contribution in [0.3, 0.4) is 0 Å². The van der Waals surface area contributed by atoms with Gasteiger partial charge in [0.15, 0.2) is 0 Å². The highest BCUT2D eigenvalue weighted by Gasteiger charge is 2.10. The van der Waals surface area contributed by atoms with Crippen molar-refractivity contribution in [3.8, 4) is 5.75 Å². The van der Waals surface area contributed by atoms with Crippen molar-refractivity contribution >= 4 is 23.2 Å². The lowest BCUT2D eigenvalue weighted by Crippen LogP contribution is -2.13. The highest BCUT2D eigenvalue weighted by molar-refractivity contribution is 6.35. The van der Waals surface area contributed by atoms with Crippen molar-refractivity contribution in [3.63, 3.8) is 0 Å². The van der Waals surface area contributed by atoms with Gasteiger partial charge < -0.3 is 14.8 Å². The first kappa shape index (κ1) is 16.6. The molecule has 0 aromatic heterocycles. The van der Waals surface area contributed by atoms with E-state index in [1.165, 1.54) is 0 Å². The van der Waals surface area contributed by atoms with Crippen molar-refractivity contribution in [2.75, 3.05) is 26.4 Å². The monoisotopic (exact) mass is 305 g/mol. The summed E-state index contributed by atoms with van der Waals surface area (Å²) >= 11 is 12.2. The molecule has 0 radical (unpaired) electrons. The molecule has 0 aliphatic heterocycles. The molecule has 0 saturated heterocycles. The van der Waals surface area contributed by atoms with E-state index in [0.29, 0.717) is 35.6 Å². The summed E-state index contributed by atoms with van der Waals surface area (Å²) in [5, 5.41) is 4.43. The average Bonchev–Trinajstić information content (AvgIpc) is 2.38. The summed E-state index contributed by atoms with van der Waals surface area (Å²) in [6.07, 6.45) is 0.841. The predicted molar refractivity (Wildman–Crippen MR) is 80.4 cm³/mol. The van der Waals surface area contributed by atoms with Gasteiger partial charge in [0.1, 0.15) is 5.75 Å². The molecule has 0 aliphatic carbocycles. The van der Waals surface area contributed by atoms with E-state index in [4.69, 9.17) is 32.7 Å². The first-order valence-corrected chi connectivity index (χ1v) is 7.33. The summed E-state index contributed by atoms with van der Waals surface area (Å²) in [7, 11) is 0. The lowest BCUT2D eigenvalue weighted by atomic mass is 10.2. The molecule has 0 atom stereocenters. The third-order valence-corrected chi connectivity index (χ3v) is 3.03. The van der Waals surface area contributed by atoms with Gasteiger partial charge in [-0.25, -0.2) is 0 Å². The lowest BCUT2D eigenvalue weighted by molar-refractivity contribution is 0.130. The molecule has 0 unspecified atom stereocenters. The number of halogens is 2. The van der Waals surface area contributed by atoms with E-state index in [1.54, 1.807) is 6.07 Å². The zero-order valence-electron chi connectivity index (χ0n) is 11.5. The van der Waals surface area contributed by atoms with Crippen LogP contribution >= 0.6 is 23.2 Å². The second kappa shape index (κ2) is 9.43. The fourth-order valence-electron chi connectivity index (χ4n) is 1.65. The number of hydrogen-bond donors (Lipinski definition) is 1. The van der Waals surface area contributed by atoms with E-state index in [9.17, 15) is 0 Å². The van der Waals surface area contributed by atoms with E-state index in [0.717, 1.165) is 25.1 Å². The maximum atomic E-state index is 6.19. The van der Waals surface area contributed by atoms with Gasteiger partial charge in [0.25, 0.3) is 0 Å². The predicted octanol–water partition coefficient (Wildman–Crippen LogP) is 3.91. The first-order chi connectivity index (χ1) is 9.19. The fraction of sp³-hybridized carbons (Fsp3) is 0.571. The Morgan fingerprint density at radius 3 is 2.63 bits per heavy atom. The minimum Gasteiger partial charge on any atom is -0.492 e. The summed E-state index contributed by atoms with van der Waals surface area (Å²) in [5.41, 5.74) is 0.982. The van der Waals surface area contributed by atoms with Crippen LogP contribution < -0.4 is 10.1 Å². The van der Waals surface area contributed by atoms with Gasteiger partial charge in [-0.15, -0.1) is 0 Å². The molecule has 1 aromatic carbocycles. The van der Waals surface area contributed by atoms with Crippen molar-refractivity contribution in [1.82, 2.24) is 5.32 Å². The molecule has 1 aromatic rings. The maximum Gasteiger partial charge on any atom is 0.142 e. The summed E-state index contributed by atoms with van der Waals surface area (Å²) in [6.45, 7) is 7.61. The molecular formula is C14H21Cl2NO2. The van der Waals surface area contributed by atoms with Gasteiger partial charge in [-0.1, -0.05) is 30.1 Å². The smallest absolute Gasteiger partial charge is 0.142 e. The van der Waals surface area contributed by atoms with Crippen LogP contribution in [0.25, 0.3) is 0 Å². The standard InChI is InChI=1S/C14H21Cl2NO2/c1-3-17-10-11-8-12(15)9-13(16)14(11)19-7-5-6-18-4-2/h8-9,17H,3-7,10H2,1-2H3. The van der Waals surface area contributed by atoms with Gasteiger partial charge in [-0.3, -0.25) is 0 Å². The zero-order valence-corrected chi connectivity index (χ0v) is 13.0. The minimum absolute atomic E-state index is 0.553. The van der Waals surface area contributed by atoms with Crippen LogP contribution in [0, 0.1) is 0 Å². The molecule has 0 aliphatic rings. The second-order valence-corrected chi connectivity index (χ2v) is 4.90. The normalized spacial score (nSPS) is 10.7. The molecular weight excluding hydrogens is 285 g/mol. The molecule has 19 heavy (non-hydrogen) atoms. The molecule has 0 fully saturated rings. The van der Waals surface area contributed by atoms with E-state index in [2.05, 4.69) is 12.2 Å². The molecule has 0 bridgehead atoms. The number of benzene rings is 1. The number of nitrogens with one attached hydrogen (secondary N) is 1. The Kier molecular flexibility index (Phi) is 8.22. The van der Waals surface area contributed by atoms with Gasteiger partial charge in [-0.2, -0.15) is 0 Å². The average molecular weight is 306 g/mol. The van der Waals surface area contributed by atoms with Gasteiger partial charge in [0, 0.05) is 36.8 Å². The largest absolute Gasteiger partial charge is 0.492 e. The second-order valence-electron chi connectivity index (χ2n) is 4.06. The topological polar surface area (TPSA) is 30.5 Å². The quantitative estimate of drug-likeness (QED) is 0.702. The Hall–Kier alpha value is -0.480. The third-order valence-electron chi connectivity index (χ3n) is 2.53. The van der Waals surface area contributed by atoms with E-state index < -0.39 is 0 Å². The highest BCUT2D eigenvalue weighted by Crippen LogP contribution is 2.32. The van der Waals surface area contributed by atoms with E-state index in [1.807, 2.05) is 13.0 Å². The number of ether oxygens (including phenoxy) is 2. The molecule has 0 amide bonds. The fourth-order valence-corrected chi connectivity index (χ4v) is 2.24. The van der Waals surface area contributed by atoms with Gasteiger partial charge in [0.2, 0.25) is 0 Å². The summed E-state index contributed by atoms with van der Waals surface area (Å²) in [6, 6.07) is 3.59. The third kappa shape index (κ3) is 6.00. The molecule has 0 heterocycles. The molecule has 5 heteroatoms. The Morgan fingerprint density at radius 2 is 1.95 bits per heavy atom. The summed E-state index contributed by atoms with van der Waals surface area (Å²) in [4.78, 5) is 0. The Bertz CT molecular complexity index is 386. The molecule has 1 N–H and O–H groups in total. The molecule has 1 rings (SSSR count). The van der Waals surface area contributed by atoms with Crippen molar-refractivity contribution in [2.24, 2.45) is 0 Å². The first-order valence-electron chi connectivity index (χ1n) is 6.58. The van der Waals surface area contributed by atoms with Gasteiger partial charge in [0.05, 0.1) is 11.6 Å². The van der Waals surface area contributed by atoms with Crippen LogP contribution in [0.5, 0.6) is 5.75 Å². The minimum atomic E-state index is 0.553. The Morgan fingerprint density at radius 1 is 1.16 bits per heavy atom. The van der Waals surface area contributed by atoms with Crippen LogP contribution in [0.1, 0.15) is 25.8 Å². The van der Waals surface area contributed by atoms with Crippen molar-refractivity contribution in [2.45, 2.75) is 26.8 Å². The van der Waals surface area contributed by atoms with Crippen LogP contribution in [-0.2, 0) is 11.3 Å². The Balaban J connectivity index is 2.63. The van der Waals surface area contributed by atoms with Crippen LogP contribution in [0.4, 0.5) is 0 Å². The van der Waals surface area contributed by atoms with Crippen molar-refractivity contribution < 1.29 is 9.47 Å². The summed E-state index contributed by atoms with van der Waals surface area (Å²) < 4.78 is 11.0. The number of rotatable bonds is 9. The molecule has 0 saturated carbocycles. The maximum absolute atomic E-state index is 6.19.